The average molecular weight is 508 g/mol. The fraction of sp³-hybridized carbons (Fsp3) is 0.148. The molecule has 8 heteroatoms. The molecule has 0 aliphatic rings. The quantitative estimate of drug-likeness (QED) is 0.302. The molecule has 178 valence electrons. The summed E-state index contributed by atoms with van der Waals surface area (Å²) in [4.78, 5) is 22.9. The SMILES string of the molecule is Cc1ccc(-c2cc(-c3cc(Cl)cc(Cl)c3)nn2Cc2ccc(C(=O)NCCC(=O)O)cc2)cc1. The van der Waals surface area contributed by atoms with Crippen LogP contribution in [0.4, 0.5) is 0 Å². The molecule has 3 aromatic carbocycles. The third-order valence-electron chi connectivity index (χ3n) is 5.46. The van der Waals surface area contributed by atoms with E-state index < -0.39 is 5.97 Å². The molecular weight excluding hydrogens is 485 g/mol. The van der Waals surface area contributed by atoms with Crippen molar-refractivity contribution in [1.29, 1.82) is 0 Å². The number of carboxylic acid groups (broad SMARTS) is 1. The highest BCUT2D eigenvalue weighted by atomic mass is 35.5. The van der Waals surface area contributed by atoms with Gasteiger partial charge in [-0.05, 0) is 54.4 Å². The van der Waals surface area contributed by atoms with Gasteiger partial charge in [0.2, 0.25) is 0 Å². The van der Waals surface area contributed by atoms with Gasteiger partial charge >= 0.3 is 5.97 Å². The fourth-order valence-corrected chi connectivity index (χ4v) is 4.18. The standard InChI is InChI=1S/C27H23Cl2N3O3/c1-17-2-6-19(7-3-17)25-15-24(21-12-22(28)14-23(29)13-21)31-32(25)16-18-4-8-20(9-5-18)27(35)30-11-10-26(33)34/h2-9,12-15H,10-11,16H2,1H3,(H,30,35)(H,33,34). The Kier molecular flexibility index (Phi) is 7.54. The van der Waals surface area contributed by atoms with Crippen LogP contribution in [-0.4, -0.2) is 33.3 Å². The molecule has 2 N–H and O–H groups in total. The molecule has 0 saturated heterocycles. The van der Waals surface area contributed by atoms with Crippen molar-refractivity contribution in [3.05, 3.63) is 99.5 Å². The van der Waals surface area contributed by atoms with E-state index >= 15 is 0 Å². The fourth-order valence-electron chi connectivity index (χ4n) is 3.66. The number of carboxylic acids is 1. The number of nitrogens with zero attached hydrogens (tertiary/aromatic N) is 2. The van der Waals surface area contributed by atoms with Crippen molar-refractivity contribution in [1.82, 2.24) is 15.1 Å². The number of nitrogens with one attached hydrogen (secondary N) is 1. The summed E-state index contributed by atoms with van der Waals surface area (Å²) in [6, 6.07) is 22.8. The zero-order valence-electron chi connectivity index (χ0n) is 19.0. The van der Waals surface area contributed by atoms with Crippen molar-refractivity contribution in [3.63, 3.8) is 0 Å². The highest BCUT2D eigenvalue weighted by Gasteiger charge is 2.14. The van der Waals surface area contributed by atoms with Crippen molar-refractivity contribution >= 4 is 35.1 Å². The molecule has 0 aliphatic carbocycles. The van der Waals surface area contributed by atoms with Gasteiger partial charge in [0.15, 0.2) is 0 Å². The Morgan fingerprint density at radius 2 is 1.57 bits per heavy atom. The van der Waals surface area contributed by atoms with Crippen molar-refractivity contribution in [2.24, 2.45) is 0 Å². The molecule has 0 unspecified atom stereocenters. The van der Waals surface area contributed by atoms with Gasteiger partial charge in [0.25, 0.3) is 5.91 Å². The third kappa shape index (κ3) is 6.29. The predicted octanol–water partition coefficient (Wildman–Crippen LogP) is 6.09. The van der Waals surface area contributed by atoms with Crippen LogP contribution < -0.4 is 5.32 Å². The lowest BCUT2D eigenvalue weighted by Crippen LogP contribution is -2.25. The third-order valence-corrected chi connectivity index (χ3v) is 5.89. The van der Waals surface area contributed by atoms with Crippen LogP contribution in [0.1, 0.15) is 27.9 Å². The predicted molar refractivity (Wildman–Crippen MR) is 138 cm³/mol. The number of benzene rings is 3. The molecule has 1 aromatic heterocycles. The zero-order valence-corrected chi connectivity index (χ0v) is 20.5. The Labute approximate surface area is 213 Å². The summed E-state index contributed by atoms with van der Waals surface area (Å²) >= 11 is 12.4. The largest absolute Gasteiger partial charge is 0.481 e. The Bertz CT molecular complexity index is 1340. The van der Waals surface area contributed by atoms with E-state index in [9.17, 15) is 9.59 Å². The van der Waals surface area contributed by atoms with E-state index in [-0.39, 0.29) is 18.9 Å². The van der Waals surface area contributed by atoms with Crippen LogP contribution in [-0.2, 0) is 11.3 Å². The molecule has 35 heavy (non-hydrogen) atoms. The Balaban J connectivity index is 1.62. The number of hydrogen-bond donors (Lipinski definition) is 2. The van der Waals surface area contributed by atoms with Crippen LogP contribution >= 0.6 is 23.2 Å². The van der Waals surface area contributed by atoms with Crippen LogP contribution in [0.15, 0.2) is 72.8 Å². The van der Waals surface area contributed by atoms with Crippen LogP contribution in [0.5, 0.6) is 0 Å². The summed E-state index contributed by atoms with van der Waals surface area (Å²) in [5.41, 5.74) is 6.12. The monoisotopic (exact) mass is 507 g/mol. The van der Waals surface area contributed by atoms with Crippen LogP contribution in [0.3, 0.4) is 0 Å². The molecule has 4 aromatic rings. The molecule has 0 atom stereocenters. The lowest BCUT2D eigenvalue weighted by atomic mass is 10.1. The molecule has 0 bridgehead atoms. The Hall–Kier alpha value is -3.61. The molecule has 1 amide bonds. The van der Waals surface area contributed by atoms with Gasteiger partial charge in [0.1, 0.15) is 0 Å². The number of rotatable bonds is 8. The molecule has 0 saturated carbocycles. The maximum atomic E-state index is 12.2. The molecular formula is C27H23Cl2N3O3. The number of halogens is 2. The maximum Gasteiger partial charge on any atom is 0.305 e. The first-order valence-electron chi connectivity index (χ1n) is 11.0. The van der Waals surface area contributed by atoms with E-state index in [1.165, 1.54) is 5.56 Å². The van der Waals surface area contributed by atoms with Crippen molar-refractivity contribution in [2.45, 2.75) is 19.9 Å². The molecule has 0 fully saturated rings. The number of aliphatic carboxylic acids is 1. The van der Waals surface area contributed by atoms with E-state index in [0.29, 0.717) is 22.2 Å². The lowest BCUT2D eigenvalue weighted by molar-refractivity contribution is -0.136. The number of amides is 1. The number of carbonyl (C=O) groups is 2. The highest BCUT2D eigenvalue weighted by molar-refractivity contribution is 6.35. The molecule has 1 heterocycles. The maximum absolute atomic E-state index is 12.2. The second-order valence-corrected chi connectivity index (χ2v) is 9.07. The van der Waals surface area contributed by atoms with E-state index in [2.05, 4.69) is 29.6 Å². The second kappa shape index (κ2) is 10.8. The number of hydrogen-bond acceptors (Lipinski definition) is 3. The summed E-state index contributed by atoms with van der Waals surface area (Å²) in [5.74, 6) is -1.26. The van der Waals surface area contributed by atoms with Gasteiger partial charge in [-0.15, -0.1) is 0 Å². The minimum atomic E-state index is -0.955. The van der Waals surface area contributed by atoms with Crippen LogP contribution in [0.2, 0.25) is 10.0 Å². The van der Waals surface area contributed by atoms with Crippen LogP contribution in [0, 0.1) is 6.92 Å². The second-order valence-electron chi connectivity index (χ2n) is 8.19. The molecule has 4 rings (SSSR count). The summed E-state index contributed by atoms with van der Waals surface area (Å²) in [7, 11) is 0. The average Bonchev–Trinajstić information content (AvgIpc) is 3.23. The minimum absolute atomic E-state index is 0.0827. The topological polar surface area (TPSA) is 84.2 Å². The first-order valence-corrected chi connectivity index (χ1v) is 11.7. The summed E-state index contributed by atoms with van der Waals surface area (Å²) in [6.07, 6.45) is -0.120. The van der Waals surface area contributed by atoms with Gasteiger partial charge in [0, 0.05) is 27.7 Å². The van der Waals surface area contributed by atoms with Gasteiger partial charge in [-0.2, -0.15) is 5.10 Å². The Morgan fingerprint density at radius 1 is 0.914 bits per heavy atom. The Morgan fingerprint density at radius 3 is 2.20 bits per heavy atom. The van der Waals surface area contributed by atoms with Crippen LogP contribution in [0.25, 0.3) is 22.5 Å². The number of carbonyl (C=O) groups excluding carboxylic acids is 1. The van der Waals surface area contributed by atoms with Gasteiger partial charge in [-0.25, -0.2) is 0 Å². The van der Waals surface area contributed by atoms with Crippen molar-refractivity contribution < 1.29 is 14.7 Å². The van der Waals surface area contributed by atoms with E-state index in [1.807, 2.05) is 41.9 Å². The molecule has 0 radical (unpaired) electrons. The van der Waals surface area contributed by atoms with Gasteiger partial charge in [-0.3, -0.25) is 14.3 Å². The first kappa shape index (κ1) is 24.5. The zero-order chi connectivity index (χ0) is 24.9. The van der Waals surface area contributed by atoms with Gasteiger partial charge < -0.3 is 10.4 Å². The minimum Gasteiger partial charge on any atom is -0.481 e. The lowest BCUT2D eigenvalue weighted by Gasteiger charge is -2.09. The molecule has 0 aliphatic heterocycles. The van der Waals surface area contributed by atoms with Gasteiger partial charge in [-0.1, -0.05) is 65.2 Å². The smallest absolute Gasteiger partial charge is 0.305 e. The van der Waals surface area contributed by atoms with E-state index in [4.69, 9.17) is 33.4 Å². The summed E-state index contributed by atoms with van der Waals surface area (Å²) < 4.78 is 1.91. The highest BCUT2D eigenvalue weighted by Crippen LogP contribution is 2.30. The first-order chi connectivity index (χ1) is 16.8. The number of aryl methyl sites for hydroxylation is 1. The van der Waals surface area contributed by atoms with Crippen molar-refractivity contribution in [2.75, 3.05) is 6.54 Å². The summed E-state index contributed by atoms with van der Waals surface area (Å²) in [5, 5.41) is 17.2. The normalized spacial score (nSPS) is 10.8. The van der Waals surface area contributed by atoms with E-state index in [0.717, 1.165) is 28.1 Å². The van der Waals surface area contributed by atoms with E-state index in [1.54, 1.807) is 18.2 Å². The van der Waals surface area contributed by atoms with Crippen molar-refractivity contribution in [3.8, 4) is 22.5 Å². The molecule has 6 nitrogen and oxygen atoms in total. The van der Waals surface area contributed by atoms with Gasteiger partial charge in [0.05, 0.1) is 24.4 Å². The molecule has 0 spiro atoms. The summed E-state index contributed by atoms with van der Waals surface area (Å²) in [6.45, 7) is 2.61. The number of aromatic nitrogens is 2.